The molecule has 0 rings (SSSR count). The third kappa shape index (κ3) is 29.5. The first-order chi connectivity index (χ1) is 19.2. The number of unbranched alkanes of at least 4 members (excludes halogenated alkanes) is 21. The van der Waals surface area contributed by atoms with Crippen molar-refractivity contribution in [2.45, 2.75) is 206 Å². The number of carbonyl (C=O) groups is 1. The standard InChI is InChI=1S/C36H70Cl2O/c1-3-5-7-9-11-16-22-28-34(30-24-18-13-14-21-27-33-37)35(29-23-17-12-10-8-6-4-2)31-25-19-15-20-26-32-36(38)39/h34-35H,3-33H2,1-2H3. The summed E-state index contributed by atoms with van der Waals surface area (Å²) >= 11 is 11.4. The zero-order valence-corrected chi connectivity index (χ0v) is 28.3. The summed E-state index contributed by atoms with van der Waals surface area (Å²) in [5.74, 6) is 2.70. The molecule has 0 aromatic heterocycles. The van der Waals surface area contributed by atoms with Gasteiger partial charge in [0.05, 0.1) is 0 Å². The molecular formula is C36H70Cl2O. The van der Waals surface area contributed by atoms with E-state index in [4.69, 9.17) is 23.2 Å². The van der Waals surface area contributed by atoms with Gasteiger partial charge in [0.25, 0.3) is 0 Å². The molecule has 0 spiro atoms. The molecule has 2 atom stereocenters. The average molecular weight is 590 g/mol. The lowest BCUT2D eigenvalue weighted by Gasteiger charge is -2.28. The fourth-order valence-corrected chi connectivity index (χ4v) is 6.69. The Balaban J connectivity index is 4.75. The largest absolute Gasteiger partial charge is 0.281 e. The monoisotopic (exact) mass is 588 g/mol. The van der Waals surface area contributed by atoms with E-state index in [1.165, 1.54) is 173 Å². The highest BCUT2D eigenvalue weighted by Gasteiger charge is 2.20. The van der Waals surface area contributed by atoms with E-state index in [9.17, 15) is 4.79 Å². The van der Waals surface area contributed by atoms with E-state index >= 15 is 0 Å². The molecule has 0 radical (unpaired) electrons. The van der Waals surface area contributed by atoms with Crippen molar-refractivity contribution >= 4 is 28.4 Å². The fourth-order valence-electron chi connectivity index (χ4n) is 6.37. The van der Waals surface area contributed by atoms with Crippen molar-refractivity contribution in [1.29, 1.82) is 0 Å². The van der Waals surface area contributed by atoms with Crippen LogP contribution in [0.15, 0.2) is 0 Å². The van der Waals surface area contributed by atoms with Crippen molar-refractivity contribution in [2.24, 2.45) is 11.8 Å². The molecule has 0 aliphatic rings. The first kappa shape index (κ1) is 39.2. The molecule has 0 aromatic rings. The quantitative estimate of drug-likeness (QED) is 0.0423. The van der Waals surface area contributed by atoms with Gasteiger partial charge < -0.3 is 0 Å². The van der Waals surface area contributed by atoms with E-state index in [1.54, 1.807) is 0 Å². The minimum Gasteiger partial charge on any atom is -0.281 e. The third-order valence-electron chi connectivity index (χ3n) is 8.93. The average Bonchev–Trinajstić information content (AvgIpc) is 2.93. The highest BCUT2D eigenvalue weighted by molar-refractivity contribution is 6.63. The summed E-state index contributed by atoms with van der Waals surface area (Å²) in [5, 5.41) is -0.169. The Bertz CT molecular complexity index is 463. The number of carbonyl (C=O) groups excluding carboxylic acids is 1. The Kier molecular flexibility index (Phi) is 33.0. The van der Waals surface area contributed by atoms with Crippen molar-refractivity contribution in [2.75, 3.05) is 5.88 Å². The first-order valence-electron chi connectivity index (χ1n) is 17.9. The Morgan fingerprint density at radius 3 is 1.03 bits per heavy atom. The molecule has 0 aliphatic heterocycles. The predicted octanol–water partition coefficient (Wildman–Crippen LogP) is 14.0. The Hall–Kier alpha value is 0.250. The summed E-state index contributed by atoms with van der Waals surface area (Å²) in [6.07, 6.45) is 40.5. The molecule has 0 fully saturated rings. The minimum atomic E-state index is -0.169. The fraction of sp³-hybridized carbons (Fsp3) is 0.972. The number of alkyl halides is 1. The summed E-state index contributed by atoms with van der Waals surface area (Å²) in [4.78, 5) is 11.0. The lowest BCUT2D eigenvalue weighted by atomic mass is 9.78. The molecule has 2 unspecified atom stereocenters. The molecule has 0 amide bonds. The molecule has 1 nitrogen and oxygen atoms in total. The van der Waals surface area contributed by atoms with Gasteiger partial charge in [-0.1, -0.05) is 187 Å². The third-order valence-corrected chi connectivity index (χ3v) is 9.39. The van der Waals surface area contributed by atoms with Crippen LogP contribution in [0, 0.1) is 11.8 Å². The number of halogens is 2. The molecule has 0 saturated carbocycles. The van der Waals surface area contributed by atoms with Gasteiger partial charge >= 0.3 is 0 Å². The first-order valence-corrected chi connectivity index (χ1v) is 18.8. The number of rotatable bonds is 33. The van der Waals surface area contributed by atoms with E-state index in [-0.39, 0.29) is 5.24 Å². The molecule has 0 heterocycles. The molecule has 0 saturated heterocycles. The summed E-state index contributed by atoms with van der Waals surface area (Å²) in [5.41, 5.74) is 0. The van der Waals surface area contributed by atoms with Gasteiger partial charge in [-0.15, -0.1) is 11.6 Å². The summed E-state index contributed by atoms with van der Waals surface area (Å²) in [6, 6.07) is 0. The van der Waals surface area contributed by atoms with Crippen LogP contribution in [0.1, 0.15) is 206 Å². The lowest BCUT2D eigenvalue weighted by molar-refractivity contribution is -0.111. The Morgan fingerprint density at radius 1 is 0.436 bits per heavy atom. The summed E-state index contributed by atoms with van der Waals surface area (Å²) < 4.78 is 0. The smallest absolute Gasteiger partial charge is 0.221 e. The van der Waals surface area contributed by atoms with Gasteiger partial charge in [-0.3, -0.25) is 4.79 Å². The van der Waals surface area contributed by atoms with Gasteiger partial charge in [0.1, 0.15) is 0 Å². The van der Waals surface area contributed by atoms with E-state index in [1.807, 2.05) is 0 Å². The van der Waals surface area contributed by atoms with Gasteiger partial charge in [-0.05, 0) is 36.3 Å². The van der Waals surface area contributed by atoms with Crippen molar-refractivity contribution in [3.05, 3.63) is 0 Å². The van der Waals surface area contributed by atoms with Crippen LogP contribution in [0.25, 0.3) is 0 Å². The molecule has 3 heteroatoms. The van der Waals surface area contributed by atoms with Crippen molar-refractivity contribution in [3.63, 3.8) is 0 Å². The van der Waals surface area contributed by atoms with Crippen LogP contribution >= 0.6 is 23.2 Å². The zero-order chi connectivity index (χ0) is 28.7. The van der Waals surface area contributed by atoms with Gasteiger partial charge in [-0.25, -0.2) is 0 Å². The zero-order valence-electron chi connectivity index (χ0n) is 26.7. The molecule has 0 N–H and O–H groups in total. The van der Waals surface area contributed by atoms with Crippen molar-refractivity contribution in [1.82, 2.24) is 0 Å². The van der Waals surface area contributed by atoms with E-state index in [2.05, 4.69) is 13.8 Å². The van der Waals surface area contributed by atoms with E-state index in [0.29, 0.717) is 6.42 Å². The Morgan fingerprint density at radius 2 is 0.718 bits per heavy atom. The topological polar surface area (TPSA) is 17.1 Å². The van der Waals surface area contributed by atoms with Crippen molar-refractivity contribution in [3.8, 4) is 0 Å². The van der Waals surface area contributed by atoms with Crippen molar-refractivity contribution < 1.29 is 4.79 Å². The van der Waals surface area contributed by atoms with Crippen LogP contribution in [-0.4, -0.2) is 11.1 Å². The van der Waals surface area contributed by atoms with Crippen LogP contribution in [0.2, 0.25) is 0 Å². The van der Waals surface area contributed by atoms with E-state index in [0.717, 1.165) is 30.6 Å². The van der Waals surface area contributed by atoms with Gasteiger partial charge in [0.15, 0.2) is 0 Å². The van der Waals surface area contributed by atoms with Crippen LogP contribution < -0.4 is 0 Å². The van der Waals surface area contributed by atoms with Gasteiger partial charge in [0.2, 0.25) is 5.24 Å². The maximum Gasteiger partial charge on any atom is 0.221 e. The lowest BCUT2D eigenvalue weighted by Crippen LogP contribution is -2.16. The molecule has 0 aromatic carbocycles. The molecule has 234 valence electrons. The van der Waals surface area contributed by atoms with E-state index < -0.39 is 0 Å². The molecule has 0 bridgehead atoms. The van der Waals surface area contributed by atoms with Crippen LogP contribution in [0.5, 0.6) is 0 Å². The van der Waals surface area contributed by atoms with Gasteiger partial charge in [-0.2, -0.15) is 0 Å². The highest BCUT2D eigenvalue weighted by atomic mass is 35.5. The van der Waals surface area contributed by atoms with Crippen LogP contribution in [-0.2, 0) is 4.79 Å². The second-order valence-corrected chi connectivity index (χ2v) is 13.4. The molecular weight excluding hydrogens is 519 g/mol. The number of hydrogen-bond donors (Lipinski definition) is 0. The number of hydrogen-bond acceptors (Lipinski definition) is 1. The maximum absolute atomic E-state index is 11.0. The normalized spacial score (nSPS) is 13.1. The predicted molar refractivity (Wildman–Crippen MR) is 178 cm³/mol. The molecule has 0 aliphatic carbocycles. The second-order valence-electron chi connectivity index (χ2n) is 12.6. The summed E-state index contributed by atoms with van der Waals surface area (Å²) in [6.45, 7) is 4.63. The summed E-state index contributed by atoms with van der Waals surface area (Å²) in [7, 11) is 0. The van der Waals surface area contributed by atoms with Gasteiger partial charge in [0, 0.05) is 12.3 Å². The van der Waals surface area contributed by atoms with Crippen LogP contribution in [0.4, 0.5) is 0 Å². The highest BCUT2D eigenvalue weighted by Crippen LogP contribution is 2.33. The minimum absolute atomic E-state index is 0.169. The Labute approximate surface area is 256 Å². The second kappa shape index (κ2) is 32.8. The molecule has 39 heavy (non-hydrogen) atoms. The maximum atomic E-state index is 11.0. The van der Waals surface area contributed by atoms with Crippen LogP contribution in [0.3, 0.4) is 0 Å². The SMILES string of the molecule is CCCCCCCCCC(CCCCCCCCCl)C(CCCCCCCCC)CCCCCCCC(=O)Cl.